The van der Waals surface area contributed by atoms with Gasteiger partial charge in [0.1, 0.15) is 11.9 Å². The van der Waals surface area contributed by atoms with Crippen molar-refractivity contribution in [2.24, 2.45) is 0 Å². The molecule has 4 nitrogen and oxygen atoms in total. The number of hydrogen-bond donors (Lipinski definition) is 3. The van der Waals surface area contributed by atoms with Crippen LogP contribution in [0.5, 0.6) is 0 Å². The van der Waals surface area contributed by atoms with Gasteiger partial charge in [0.25, 0.3) is 0 Å². The van der Waals surface area contributed by atoms with Gasteiger partial charge in [0, 0.05) is 18.3 Å². The molecule has 0 aliphatic heterocycles. The molecular weight excluding hydrogens is 187 g/mol. The number of aromatic nitrogens is 1. The largest absolute Gasteiger partial charge is 0.389 e. The van der Waals surface area contributed by atoms with Crippen molar-refractivity contribution in [3.63, 3.8) is 0 Å². The third kappa shape index (κ3) is 2.47. The lowest BCUT2D eigenvalue weighted by molar-refractivity contribution is 0.0181. The molecule has 0 aliphatic rings. The summed E-state index contributed by atoms with van der Waals surface area (Å²) in [6.07, 6.45) is 0.112. The second-order valence-electron chi connectivity index (χ2n) is 2.97. The summed E-state index contributed by atoms with van der Waals surface area (Å²) in [7, 11) is 1.64. The van der Waals surface area contributed by atoms with E-state index >= 15 is 0 Å². The summed E-state index contributed by atoms with van der Waals surface area (Å²) >= 11 is 0. The fourth-order valence-corrected chi connectivity index (χ4v) is 1.15. The average molecular weight is 200 g/mol. The molecule has 1 aromatic heterocycles. The number of hydrogen-bond acceptors (Lipinski definition) is 4. The number of likely N-dealkylation sites (N-methyl/N-ethyl adjacent to an activating group) is 1. The Morgan fingerprint density at radius 2 is 2.29 bits per heavy atom. The minimum absolute atomic E-state index is 0.0581. The molecule has 0 bridgehead atoms. The molecule has 5 heteroatoms. The summed E-state index contributed by atoms with van der Waals surface area (Å²) in [6, 6.07) is 1.35. The highest BCUT2D eigenvalue weighted by Crippen LogP contribution is 2.18. The fourth-order valence-electron chi connectivity index (χ4n) is 1.15. The Hall–Kier alpha value is -1.04. The minimum atomic E-state index is -1.23. The molecule has 0 aromatic carbocycles. The number of nitrogens with zero attached hydrogens (tertiary/aromatic N) is 1. The van der Waals surface area contributed by atoms with Crippen molar-refractivity contribution >= 4 is 0 Å². The number of pyridine rings is 1. The van der Waals surface area contributed by atoms with Gasteiger partial charge in [0.2, 0.25) is 0 Å². The maximum Gasteiger partial charge on any atom is 0.147 e. The lowest BCUT2D eigenvalue weighted by Gasteiger charge is -2.17. The molecule has 1 heterocycles. The molecule has 2 unspecified atom stereocenters. The van der Waals surface area contributed by atoms with E-state index in [9.17, 15) is 14.6 Å². The van der Waals surface area contributed by atoms with E-state index in [2.05, 4.69) is 10.3 Å². The highest BCUT2D eigenvalue weighted by atomic mass is 19.1. The molecular formula is C9H13FN2O2. The molecule has 14 heavy (non-hydrogen) atoms. The topological polar surface area (TPSA) is 65.4 Å². The van der Waals surface area contributed by atoms with Crippen LogP contribution in [0.15, 0.2) is 18.5 Å². The number of rotatable bonds is 4. The van der Waals surface area contributed by atoms with E-state index < -0.39 is 18.0 Å². The Labute approximate surface area is 81.4 Å². The van der Waals surface area contributed by atoms with Crippen molar-refractivity contribution in [3.8, 4) is 0 Å². The Kier molecular flexibility index (Phi) is 3.94. The summed E-state index contributed by atoms with van der Waals surface area (Å²) < 4.78 is 13.1. The highest BCUT2D eigenvalue weighted by Gasteiger charge is 2.20. The first kappa shape index (κ1) is 11.0. The van der Waals surface area contributed by atoms with Crippen LogP contribution in [0.4, 0.5) is 4.39 Å². The van der Waals surface area contributed by atoms with Crippen molar-refractivity contribution in [2.75, 3.05) is 13.6 Å². The monoisotopic (exact) mass is 200 g/mol. The molecule has 1 rings (SSSR count). The molecule has 1 aromatic rings. The van der Waals surface area contributed by atoms with Gasteiger partial charge in [-0.15, -0.1) is 0 Å². The molecule has 2 atom stereocenters. The summed E-state index contributed by atoms with van der Waals surface area (Å²) in [6.45, 7) is 0.197. The molecule has 0 aliphatic carbocycles. The zero-order chi connectivity index (χ0) is 10.6. The van der Waals surface area contributed by atoms with E-state index in [1.807, 2.05) is 0 Å². The van der Waals surface area contributed by atoms with Crippen LogP contribution in [0.1, 0.15) is 11.7 Å². The first-order valence-corrected chi connectivity index (χ1v) is 4.27. The van der Waals surface area contributed by atoms with E-state index in [-0.39, 0.29) is 12.1 Å². The van der Waals surface area contributed by atoms with E-state index in [4.69, 9.17) is 0 Å². The van der Waals surface area contributed by atoms with Gasteiger partial charge < -0.3 is 15.5 Å². The van der Waals surface area contributed by atoms with Crippen molar-refractivity contribution in [2.45, 2.75) is 12.2 Å². The highest BCUT2D eigenvalue weighted by molar-refractivity contribution is 5.16. The number of aliphatic hydroxyl groups excluding tert-OH is 2. The lowest BCUT2D eigenvalue weighted by Crippen LogP contribution is -2.30. The third-order valence-corrected chi connectivity index (χ3v) is 1.90. The molecule has 0 saturated carbocycles. The van der Waals surface area contributed by atoms with Crippen molar-refractivity contribution in [1.82, 2.24) is 10.3 Å². The summed E-state index contributed by atoms with van der Waals surface area (Å²) in [5, 5.41) is 21.6. The predicted octanol–water partition coefficient (Wildman–Crippen LogP) is -0.166. The SMILES string of the molecule is CNCC(O)C(O)c1ccncc1F. The van der Waals surface area contributed by atoms with Crippen LogP contribution in [0.2, 0.25) is 0 Å². The molecule has 3 N–H and O–H groups in total. The smallest absolute Gasteiger partial charge is 0.147 e. The fraction of sp³-hybridized carbons (Fsp3) is 0.444. The quantitative estimate of drug-likeness (QED) is 0.631. The average Bonchev–Trinajstić information content (AvgIpc) is 2.18. The summed E-state index contributed by atoms with van der Waals surface area (Å²) in [5.41, 5.74) is 0.0581. The van der Waals surface area contributed by atoms with E-state index in [1.165, 1.54) is 12.3 Å². The van der Waals surface area contributed by atoms with Crippen molar-refractivity contribution in [3.05, 3.63) is 29.8 Å². The van der Waals surface area contributed by atoms with Crippen LogP contribution in [0.3, 0.4) is 0 Å². The first-order chi connectivity index (χ1) is 6.66. The van der Waals surface area contributed by atoms with Gasteiger partial charge >= 0.3 is 0 Å². The molecule has 0 amide bonds. The van der Waals surface area contributed by atoms with Crippen LogP contribution in [0.25, 0.3) is 0 Å². The van der Waals surface area contributed by atoms with Crippen molar-refractivity contribution < 1.29 is 14.6 Å². The van der Waals surface area contributed by atoms with Gasteiger partial charge in [-0.3, -0.25) is 4.98 Å². The molecule has 78 valence electrons. The lowest BCUT2D eigenvalue weighted by atomic mass is 10.1. The third-order valence-electron chi connectivity index (χ3n) is 1.90. The zero-order valence-corrected chi connectivity index (χ0v) is 7.81. The van der Waals surface area contributed by atoms with E-state index in [1.54, 1.807) is 7.05 Å². The van der Waals surface area contributed by atoms with Crippen LogP contribution in [-0.2, 0) is 0 Å². The standard InChI is InChI=1S/C9H13FN2O2/c1-11-5-8(13)9(14)6-2-3-12-4-7(6)10/h2-4,8-9,11,13-14H,5H2,1H3. The van der Waals surface area contributed by atoms with Gasteiger partial charge in [-0.2, -0.15) is 0 Å². The summed E-state index contributed by atoms with van der Waals surface area (Å²) in [5.74, 6) is -0.616. The van der Waals surface area contributed by atoms with Gasteiger partial charge in [0.05, 0.1) is 12.3 Å². The molecule has 0 fully saturated rings. The first-order valence-electron chi connectivity index (χ1n) is 4.27. The Morgan fingerprint density at radius 3 is 2.86 bits per heavy atom. The Morgan fingerprint density at radius 1 is 1.57 bits per heavy atom. The number of nitrogens with one attached hydrogen (secondary N) is 1. The number of halogens is 1. The predicted molar refractivity (Wildman–Crippen MR) is 49.1 cm³/mol. The van der Waals surface area contributed by atoms with Crippen molar-refractivity contribution in [1.29, 1.82) is 0 Å². The second kappa shape index (κ2) is 4.99. The van der Waals surface area contributed by atoms with Gasteiger partial charge in [-0.1, -0.05) is 0 Å². The van der Waals surface area contributed by atoms with Crippen LogP contribution < -0.4 is 5.32 Å². The summed E-state index contributed by atoms with van der Waals surface area (Å²) in [4.78, 5) is 3.55. The van der Waals surface area contributed by atoms with E-state index in [0.29, 0.717) is 0 Å². The minimum Gasteiger partial charge on any atom is -0.389 e. The van der Waals surface area contributed by atoms with Gasteiger partial charge in [-0.25, -0.2) is 4.39 Å². The molecule has 0 saturated heterocycles. The van der Waals surface area contributed by atoms with Crippen LogP contribution >= 0.6 is 0 Å². The number of aliphatic hydroxyl groups is 2. The Bertz CT molecular complexity index is 296. The van der Waals surface area contributed by atoms with Gasteiger partial charge in [0.15, 0.2) is 0 Å². The van der Waals surface area contributed by atoms with E-state index in [0.717, 1.165) is 6.20 Å². The van der Waals surface area contributed by atoms with Crippen LogP contribution in [-0.4, -0.2) is 34.9 Å². The normalized spacial score (nSPS) is 15.1. The Balaban J connectivity index is 2.78. The second-order valence-corrected chi connectivity index (χ2v) is 2.97. The zero-order valence-electron chi connectivity index (χ0n) is 7.81. The molecule has 0 spiro atoms. The maximum absolute atomic E-state index is 13.1. The van der Waals surface area contributed by atoms with Gasteiger partial charge in [-0.05, 0) is 13.1 Å². The van der Waals surface area contributed by atoms with Crippen LogP contribution in [0, 0.1) is 5.82 Å². The maximum atomic E-state index is 13.1. The molecule has 0 radical (unpaired) electrons.